The highest BCUT2D eigenvalue weighted by Gasteiger charge is 2.15. The molecule has 2 N–H and O–H groups in total. The maximum absolute atomic E-state index is 12.9. The fraction of sp³-hybridized carbons (Fsp3) is 0.500. The van der Waals surface area contributed by atoms with E-state index in [0.29, 0.717) is 28.5 Å². The Bertz CT molecular complexity index is 895. The minimum atomic E-state index is -0.511. The van der Waals surface area contributed by atoms with Crippen molar-refractivity contribution < 1.29 is 9.59 Å². The number of carbonyl (C=O) groups is 2. The Kier molecular flexibility index (Phi) is 8.04. The Hall–Kier alpha value is -2.35. The van der Waals surface area contributed by atoms with Crippen molar-refractivity contribution in [2.24, 2.45) is 5.92 Å². The normalized spacial score (nSPS) is 12.2. The van der Waals surface area contributed by atoms with Gasteiger partial charge in [0, 0.05) is 12.6 Å². The van der Waals surface area contributed by atoms with Crippen LogP contribution in [-0.2, 0) is 11.3 Å². The molecule has 1 aromatic heterocycles. The predicted octanol–water partition coefficient (Wildman–Crippen LogP) is 3.16. The third-order valence-corrected chi connectivity index (χ3v) is 5.31. The van der Waals surface area contributed by atoms with Gasteiger partial charge in [-0.15, -0.1) is 0 Å². The number of benzene rings is 1. The van der Waals surface area contributed by atoms with E-state index >= 15 is 0 Å². The highest BCUT2D eigenvalue weighted by molar-refractivity contribution is 7.99. The zero-order valence-electron chi connectivity index (χ0n) is 16.8. The average molecular weight is 405 g/mol. The lowest BCUT2D eigenvalue weighted by Gasteiger charge is -2.14. The number of fused-ring (bicyclic) bond motifs is 1. The summed E-state index contributed by atoms with van der Waals surface area (Å²) >= 11 is 1.16. The summed E-state index contributed by atoms with van der Waals surface area (Å²) in [4.78, 5) is 41.4. The highest BCUT2D eigenvalue weighted by Crippen LogP contribution is 2.18. The smallest absolute Gasteiger partial charge is 0.321 e. The number of nitrogens with zero attached hydrogens (tertiary/aromatic N) is 2. The first kappa shape index (κ1) is 21.9. The summed E-state index contributed by atoms with van der Waals surface area (Å²) in [6.45, 7) is 8.54. The molecule has 8 heteroatoms. The molecule has 7 nitrogen and oxygen atoms in total. The van der Waals surface area contributed by atoms with E-state index in [1.165, 1.54) is 0 Å². The van der Waals surface area contributed by atoms with Crippen molar-refractivity contribution >= 4 is 34.6 Å². The number of nitrogens with one attached hydrogen (secondary N) is 2. The van der Waals surface area contributed by atoms with E-state index in [2.05, 4.69) is 29.5 Å². The van der Waals surface area contributed by atoms with Gasteiger partial charge in [0.15, 0.2) is 5.16 Å². The van der Waals surface area contributed by atoms with Crippen LogP contribution in [0, 0.1) is 5.92 Å². The van der Waals surface area contributed by atoms with Gasteiger partial charge in [-0.1, -0.05) is 44.7 Å². The molecule has 0 radical (unpaired) electrons. The van der Waals surface area contributed by atoms with Crippen LogP contribution in [0.4, 0.5) is 4.79 Å². The maximum Gasteiger partial charge on any atom is 0.321 e. The highest BCUT2D eigenvalue weighted by atomic mass is 32.2. The minimum absolute atomic E-state index is 0.000382. The SMILES string of the molecule is CC[C@H](C)NC(=O)NC(=O)CSc1nc2ccccc2c(=O)n1CCC(C)C. The summed E-state index contributed by atoms with van der Waals surface area (Å²) in [6, 6.07) is 6.67. The number of imide groups is 1. The molecule has 0 bridgehead atoms. The van der Waals surface area contributed by atoms with Gasteiger partial charge in [-0.05, 0) is 37.8 Å². The molecule has 0 aliphatic heterocycles. The van der Waals surface area contributed by atoms with E-state index in [9.17, 15) is 14.4 Å². The molecule has 2 aromatic rings. The Labute approximate surface area is 169 Å². The van der Waals surface area contributed by atoms with Gasteiger partial charge >= 0.3 is 6.03 Å². The topological polar surface area (TPSA) is 93.1 Å². The van der Waals surface area contributed by atoms with Crippen molar-refractivity contribution in [1.29, 1.82) is 0 Å². The molecule has 0 saturated heterocycles. The number of amides is 3. The quantitative estimate of drug-likeness (QED) is 0.521. The van der Waals surface area contributed by atoms with E-state index in [4.69, 9.17) is 0 Å². The van der Waals surface area contributed by atoms with Gasteiger partial charge in [0.25, 0.3) is 5.56 Å². The van der Waals surface area contributed by atoms with Crippen LogP contribution in [0.25, 0.3) is 10.9 Å². The Balaban J connectivity index is 2.16. The summed E-state index contributed by atoms with van der Waals surface area (Å²) in [7, 11) is 0. The molecule has 1 heterocycles. The van der Waals surface area contributed by atoms with E-state index in [0.717, 1.165) is 24.6 Å². The molecule has 0 spiro atoms. The largest absolute Gasteiger partial charge is 0.335 e. The summed E-state index contributed by atoms with van der Waals surface area (Å²) in [5.41, 5.74) is 0.495. The van der Waals surface area contributed by atoms with Gasteiger partial charge in [0.05, 0.1) is 16.7 Å². The van der Waals surface area contributed by atoms with Gasteiger partial charge in [-0.2, -0.15) is 0 Å². The molecule has 0 aliphatic rings. The zero-order valence-corrected chi connectivity index (χ0v) is 17.6. The average Bonchev–Trinajstić information content (AvgIpc) is 2.65. The fourth-order valence-electron chi connectivity index (χ4n) is 2.50. The second-order valence-corrected chi connectivity index (χ2v) is 8.11. The Morgan fingerprint density at radius 2 is 1.93 bits per heavy atom. The number of aromatic nitrogens is 2. The summed E-state index contributed by atoms with van der Waals surface area (Å²) in [5, 5.41) is 6.05. The molecule has 1 aromatic carbocycles. The van der Waals surface area contributed by atoms with Gasteiger partial charge < -0.3 is 5.32 Å². The van der Waals surface area contributed by atoms with Crippen molar-refractivity contribution in [3.63, 3.8) is 0 Å². The number of carbonyl (C=O) groups excluding carboxylic acids is 2. The number of hydrogen-bond acceptors (Lipinski definition) is 5. The number of urea groups is 1. The Morgan fingerprint density at radius 3 is 2.61 bits per heavy atom. The number of rotatable bonds is 8. The standard InChI is InChI=1S/C20H28N4O3S/c1-5-14(4)21-19(27)23-17(25)12-28-20-22-16-9-7-6-8-15(16)18(26)24(20)11-10-13(2)3/h6-9,13-14H,5,10-12H2,1-4H3,(H2,21,23,25,27)/t14-/m0/s1. The number of hydrogen-bond donors (Lipinski definition) is 2. The molecule has 0 unspecified atom stereocenters. The van der Waals surface area contributed by atoms with Crippen LogP contribution < -0.4 is 16.2 Å². The van der Waals surface area contributed by atoms with Crippen molar-refractivity contribution in [1.82, 2.24) is 20.2 Å². The number of thioether (sulfide) groups is 1. The zero-order chi connectivity index (χ0) is 20.7. The first-order valence-electron chi connectivity index (χ1n) is 9.54. The predicted molar refractivity (Wildman–Crippen MR) is 113 cm³/mol. The lowest BCUT2D eigenvalue weighted by atomic mass is 10.1. The molecule has 1 atom stereocenters. The summed E-state index contributed by atoms with van der Waals surface area (Å²) in [5.74, 6) is 0.00722. The molecule has 0 fully saturated rings. The van der Waals surface area contributed by atoms with E-state index < -0.39 is 11.9 Å². The van der Waals surface area contributed by atoms with Crippen molar-refractivity contribution in [2.75, 3.05) is 5.75 Å². The van der Waals surface area contributed by atoms with Gasteiger partial charge in [0.2, 0.25) is 5.91 Å². The molecule has 2 rings (SSSR count). The van der Waals surface area contributed by atoms with Crippen LogP contribution in [0.1, 0.15) is 40.5 Å². The van der Waals surface area contributed by atoms with Crippen LogP contribution in [0.15, 0.2) is 34.2 Å². The molecular formula is C20H28N4O3S. The molecule has 152 valence electrons. The van der Waals surface area contributed by atoms with Gasteiger partial charge in [-0.25, -0.2) is 9.78 Å². The first-order chi connectivity index (χ1) is 13.3. The van der Waals surface area contributed by atoms with Crippen molar-refractivity contribution in [3.05, 3.63) is 34.6 Å². The van der Waals surface area contributed by atoms with Crippen molar-refractivity contribution in [3.8, 4) is 0 Å². The molecule has 0 saturated carbocycles. The third-order valence-electron chi connectivity index (χ3n) is 4.33. The van der Waals surface area contributed by atoms with Gasteiger partial charge in [0.1, 0.15) is 0 Å². The van der Waals surface area contributed by atoms with Crippen LogP contribution in [0.3, 0.4) is 0 Å². The molecule has 28 heavy (non-hydrogen) atoms. The fourth-order valence-corrected chi connectivity index (χ4v) is 3.32. The monoisotopic (exact) mass is 404 g/mol. The van der Waals surface area contributed by atoms with E-state index in [1.54, 1.807) is 16.7 Å². The lowest BCUT2D eigenvalue weighted by molar-refractivity contribution is -0.117. The van der Waals surface area contributed by atoms with E-state index in [-0.39, 0.29) is 17.4 Å². The molecular weight excluding hydrogens is 376 g/mol. The summed E-state index contributed by atoms with van der Waals surface area (Å²) < 4.78 is 1.62. The van der Waals surface area contributed by atoms with Crippen LogP contribution >= 0.6 is 11.8 Å². The van der Waals surface area contributed by atoms with E-state index in [1.807, 2.05) is 26.0 Å². The first-order valence-corrected chi connectivity index (χ1v) is 10.5. The van der Waals surface area contributed by atoms with Crippen molar-refractivity contribution in [2.45, 2.75) is 58.3 Å². The summed E-state index contributed by atoms with van der Waals surface area (Å²) in [6.07, 6.45) is 1.61. The molecule has 3 amide bonds. The van der Waals surface area contributed by atoms with Crippen LogP contribution in [0.2, 0.25) is 0 Å². The van der Waals surface area contributed by atoms with Crippen LogP contribution in [0.5, 0.6) is 0 Å². The Morgan fingerprint density at radius 1 is 1.21 bits per heavy atom. The number of para-hydroxylation sites is 1. The third kappa shape index (κ3) is 6.09. The minimum Gasteiger partial charge on any atom is -0.335 e. The van der Waals surface area contributed by atoms with Crippen LogP contribution in [-0.4, -0.2) is 33.3 Å². The second-order valence-electron chi connectivity index (χ2n) is 7.17. The maximum atomic E-state index is 12.9. The molecule has 0 aliphatic carbocycles. The second kappa shape index (κ2) is 10.3. The van der Waals surface area contributed by atoms with Gasteiger partial charge in [-0.3, -0.25) is 19.5 Å². The lowest BCUT2D eigenvalue weighted by Crippen LogP contribution is -2.44.